The minimum absolute atomic E-state index is 0.0946. The molecule has 2 aromatic rings. The molecule has 2 aliphatic rings. The van der Waals surface area contributed by atoms with Crippen molar-refractivity contribution in [1.82, 2.24) is 5.32 Å². The number of hydrogen-bond acceptors (Lipinski definition) is 3. The Labute approximate surface area is 178 Å². The van der Waals surface area contributed by atoms with E-state index in [1.165, 1.54) is 6.07 Å². The molecule has 2 unspecified atom stereocenters. The first kappa shape index (κ1) is 20.6. The lowest BCUT2D eigenvalue weighted by Crippen LogP contribution is -2.36. The number of halogens is 3. The van der Waals surface area contributed by atoms with Crippen molar-refractivity contribution in [2.24, 2.45) is 11.8 Å². The molecule has 4 rings (SSSR count). The van der Waals surface area contributed by atoms with Gasteiger partial charge in [-0.1, -0.05) is 17.7 Å². The topological polar surface area (TPSA) is 52.7 Å². The minimum Gasteiger partial charge on any atom is -0.371 e. The number of carbonyl (C=O) groups is 2. The van der Waals surface area contributed by atoms with Crippen LogP contribution in [0.3, 0.4) is 0 Å². The molecule has 8 heteroatoms. The predicted molar refractivity (Wildman–Crippen MR) is 112 cm³/mol. The van der Waals surface area contributed by atoms with Crippen molar-refractivity contribution in [3.8, 4) is 0 Å². The first-order chi connectivity index (χ1) is 14.4. The van der Waals surface area contributed by atoms with E-state index in [0.717, 1.165) is 19.0 Å². The molecule has 0 radical (unpaired) electrons. The van der Waals surface area contributed by atoms with Crippen LogP contribution in [0.2, 0.25) is 5.02 Å². The van der Waals surface area contributed by atoms with E-state index in [1.807, 2.05) is 4.90 Å². The summed E-state index contributed by atoms with van der Waals surface area (Å²) in [5.74, 6) is -2.15. The van der Waals surface area contributed by atoms with E-state index in [9.17, 15) is 18.4 Å². The van der Waals surface area contributed by atoms with Crippen LogP contribution in [0, 0.1) is 23.5 Å². The number of nitrogens with one attached hydrogen (secondary N) is 1. The van der Waals surface area contributed by atoms with Crippen molar-refractivity contribution in [2.75, 3.05) is 36.0 Å². The number of hydrogen-bond donors (Lipinski definition) is 1. The Kier molecular flexibility index (Phi) is 5.90. The van der Waals surface area contributed by atoms with Crippen LogP contribution in [0.15, 0.2) is 42.5 Å². The van der Waals surface area contributed by atoms with Crippen molar-refractivity contribution in [3.05, 3.63) is 59.1 Å². The molecule has 5 nitrogen and oxygen atoms in total. The number of anilines is 2. The maximum absolute atomic E-state index is 13.5. The first-order valence-corrected chi connectivity index (χ1v) is 10.3. The average Bonchev–Trinajstić information content (AvgIpc) is 3.35. The van der Waals surface area contributed by atoms with Crippen molar-refractivity contribution >= 4 is 34.8 Å². The molecule has 30 heavy (non-hydrogen) atoms. The monoisotopic (exact) mass is 433 g/mol. The highest BCUT2D eigenvalue weighted by Crippen LogP contribution is 2.28. The van der Waals surface area contributed by atoms with Gasteiger partial charge in [0.25, 0.3) is 0 Å². The van der Waals surface area contributed by atoms with Gasteiger partial charge in [0.15, 0.2) is 11.6 Å². The summed E-state index contributed by atoms with van der Waals surface area (Å²) in [6.07, 6.45) is 1.02. The summed E-state index contributed by atoms with van der Waals surface area (Å²) in [4.78, 5) is 28.5. The summed E-state index contributed by atoms with van der Waals surface area (Å²) in [6.45, 7) is 2.19. The standard InChI is InChI=1S/C22H22ClF2N3O2/c23-16-2-1-3-18(9-16)28-13-15(8-21(28)29)22(30)26-11-14-6-7-27(12-14)17-4-5-19(24)20(25)10-17/h1-5,9-10,14-15H,6-8,11-13H2,(H,26,30). The Bertz CT molecular complexity index is 971. The molecule has 1 N–H and O–H groups in total. The zero-order chi connectivity index (χ0) is 21.3. The molecule has 2 fully saturated rings. The molecule has 0 aromatic heterocycles. The van der Waals surface area contributed by atoms with Gasteiger partial charge in [-0.25, -0.2) is 8.78 Å². The molecule has 2 amide bonds. The normalized spacial score (nSPS) is 21.4. The minimum atomic E-state index is -0.862. The number of rotatable bonds is 5. The van der Waals surface area contributed by atoms with Crippen LogP contribution in [0.5, 0.6) is 0 Å². The van der Waals surface area contributed by atoms with Crippen LogP contribution in [0.25, 0.3) is 0 Å². The lowest BCUT2D eigenvalue weighted by atomic mass is 10.1. The number of nitrogens with zero attached hydrogens (tertiary/aromatic N) is 2. The van der Waals surface area contributed by atoms with E-state index >= 15 is 0 Å². The van der Waals surface area contributed by atoms with E-state index in [-0.39, 0.29) is 24.2 Å². The zero-order valence-electron chi connectivity index (χ0n) is 16.3. The predicted octanol–water partition coefficient (Wildman–Crippen LogP) is 3.61. The lowest BCUT2D eigenvalue weighted by molar-refractivity contribution is -0.126. The van der Waals surface area contributed by atoms with Crippen LogP contribution in [0.1, 0.15) is 12.8 Å². The van der Waals surface area contributed by atoms with Gasteiger partial charge in [-0.05, 0) is 42.7 Å². The van der Waals surface area contributed by atoms with Gasteiger partial charge >= 0.3 is 0 Å². The molecule has 2 aliphatic heterocycles. The van der Waals surface area contributed by atoms with Crippen LogP contribution in [-0.2, 0) is 9.59 Å². The molecule has 2 saturated heterocycles. The molecular weight excluding hydrogens is 412 g/mol. The second-order valence-electron chi connectivity index (χ2n) is 7.83. The smallest absolute Gasteiger partial charge is 0.227 e. The Morgan fingerprint density at radius 1 is 1.10 bits per heavy atom. The van der Waals surface area contributed by atoms with E-state index < -0.39 is 17.6 Å². The molecule has 2 heterocycles. The van der Waals surface area contributed by atoms with Crippen molar-refractivity contribution in [2.45, 2.75) is 12.8 Å². The SMILES string of the molecule is O=C(NCC1CCN(c2ccc(F)c(F)c2)C1)C1CC(=O)N(c2cccc(Cl)c2)C1. The number of benzene rings is 2. The van der Waals surface area contributed by atoms with Gasteiger partial charge in [0.05, 0.1) is 5.92 Å². The zero-order valence-corrected chi connectivity index (χ0v) is 17.0. The third-order valence-electron chi connectivity index (χ3n) is 5.73. The molecule has 2 aromatic carbocycles. The van der Waals surface area contributed by atoms with Gasteiger partial charge < -0.3 is 15.1 Å². The Hall–Kier alpha value is -2.67. The number of amides is 2. The molecule has 158 valence electrons. The summed E-state index contributed by atoms with van der Waals surface area (Å²) < 4.78 is 26.6. The summed E-state index contributed by atoms with van der Waals surface area (Å²) in [5, 5.41) is 3.50. The maximum Gasteiger partial charge on any atom is 0.227 e. The third kappa shape index (κ3) is 4.41. The Balaban J connectivity index is 1.29. The Morgan fingerprint density at radius 3 is 2.70 bits per heavy atom. The largest absolute Gasteiger partial charge is 0.371 e. The highest BCUT2D eigenvalue weighted by Gasteiger charge is 2.35. The van der Waals surface area contributed by atoms with Gasteiger partial charge in [0, 0.05) is 55.1 Å². The lowest BCUT2D eigenvalue weighted by Gasteiger charge is -2.19. The van der Waals surface area contributed by atoms with Gasteiger partial charge in [0.1, 0.15) is 0 Å². The molecule has 0 aliphatic carbocycles. The quantitative estimate of drug-likeness (QED) is 0.783. The molecule has 0 bridgehead atoms. The van der Waals surface area contributed by atoms with Crippen molar-refractivity contribution in [1.29, 1.82) is 0 Å². The highest BCUT2D eigenvalue weighted by molar-refractivity contribution is 6.31. The van der Waals surface area contributed by atoms with Crippen molar-refractivity contribution in [3.63, 3.8) is 0 Å². The van der Waals surface area contributed by atoms with Gasteiger partial charge in [0.2, 0.25) is 11.8 Å². The number of carbonyl (C=O) groups excluding carboxylic acids is 2. The summed E-state index contributed by atoms with van der Waals surface area (Å²) in [7, 11) is 0. The van der Waals surface area contributed by atoms with Crippen LogP contribution >= 0.6 is 11.6 Å². The van der Waals surface area contributed by atoms with Crippen molar-refractivity contribution < 1.29 is 18.4 Å². The summed E-state index contributed by atoms with van der Waals surface area (Å²) in [6, 6.07) is 10.9. The molecule has 0 saturated carbocycles. The average molecular weight is 434 g/mol. The van der Waals surface area contributed by atoms with Crippen LogP contribution in [0.4, 0.5) is 20.2 Å². The fourth-order valence-corrected chi connectivity index (χ4v) is 4.27. The molecule has 2 atom stereocenters. The first-order valence-electron chi connectivity index (χ1n) is 9.94. The van der Waals surface area contributed by atoms with Gasteiger partial charge in [-0.2, -0.15) is 0 Å². The third-order valence-corrected chi connectivity index (χ3v) is 5.97. The second kappa shape index (κ2) is 8.60. The van der Waals surface area contributed by atoms with Gasteiger partial charge in [-0.15, -0.1) is 0 Å². The summed E-state index contributed by atoms with van der Waals surface area (Å²) in [5.41, 5.74) is 1.34. The Morgan fingerprint density at radius 2 is 1.93 bits per heavy atom. The van der Waals surface area contributed by atoms with E-state index in [1.54, 1.807) is 35.2 Å². The fraction of sp³-hybridized carbons (Fsp3) is 0.364. The van der Waals surface area contributed by atoms with Crippen LogP contribution < -0.4 is 15.1 Å². The van der Waals surface area contributed by atoms with E-state index in [0.29, 0.717) is 36.0 Å². The van der Waals surface area contributed by atoms with Crippen LogP contribution in [-0.4, -0.2) is 38.0 Å². The van der Waals surface area contributed by atoms with E-state index in [4.69, 9.17) is 11.6 Å². The maximum atomic E-state index is 13.5. The second-order valence-corrected chi connectivity index (χ2v) is 8.27. The van der Waals surface area contributed by atoms with Gasteiger partial charge in [-0.3, -0.25) is 9.59 Å². The molecule has 0 spiro atoms. The highest BCUT2D eigenvalue weighted by atomic mass is 35.5. The fourth-order valence-electron chi connectivity index (χ4n) is 4.08. The molecular formula is C22H22ClF2N3O2. The summed E-state index contributed by atoms with van der Waals surface area (Å²) >= 11 is 6.00. The van der Waals surface area contributed by atoms with E-state index in [2.05, 4.69) is 5.32 Å².